The molecule has 0 saturated carbocycles. The maximum absolute atomic E-state index is 12.7. The number of carbonyl (C=O) groups excluding carboxylic acids is 2. The lowest BCUT2D eigenvalue weighted by molar-refractivity contribution is 0.102. The number of aldehydes is 1. The fourth-order valence-corrected chi connectivity index (χ4v) is 3.63. The van der Waals surface area contributed by atoms with Crippen LogP contribution in [-0.2, 0) is 0 Å². The third kappa shape index (κ3) is 3.71. The Morgan fingerprint density at radius 2 is 1.85 bits per heavy atom. The van der Waals surface area contributed by atoms with Crippen molar-refractivity contribution < 1.29 is 9.59 Å². The molecule has 1 aliphatic heterocycles. The third-order valence-electron chi connectivity index (χ3n) is 4.76. The molecule has 0 atom stereocenters. The number of anilines is 2. The standard InChI is InChI=1S/C21H18BrN3O2/c22-17-5-3-15(4-6-17)21(27)24-19-11-18-16(9-14(13-26)12-23-18)10-20(19)25-7-1-2-8-25/h3-6,9-13H,1-2,7-8H2,(H,24,27). The van der Waals surface area contributed by atoms with Gasteiger partial charge in [-0.25, -0.2) is 0 Å². The molecule has 5 nitrogen and oxygen atoms in total. The topological polar surface area (TPSA) is 62.3 Å². The van der Waals surface area contributed by atoms with E-state index in [9.17, 15) is 9.59 Å². The number of pyridine rings is 1. The average Bonchev–Trinajstić information content (AvgIpc) is 3.22. The number of nitrogens with one attached hydrogen (secondary N) is 1. The highest BCUT2D eigenvalue weighted by atomic mass is 79.9. The van der Waals surface area contributed by atoms with Crippen LogP contribution in [0.4, 0.5) is 11.4 Å². The first-order valence-electron chi connectivity index (χ1n) is 8.85. The zero-order chi connectivity index (χ0) is 18.8. The first-order chi connectivity index (χ1) is 13.1. The minimum absolute atomic E-state index is 0.160. The van der Waals surface area contributed by atoms with Crippen molar-refractivity contribution in [3.8, 4) is 0 Å². The van der Waals surface area contributed by atoms with Gasteiger partial charge >= 0.3 is 0 Å². The second-order valence-electron chi connectivity index (χ2n) is 6.60. The van der Waals surface area contributed by atoms with Crippen molar-refractivity contribution in [3.63, 3.8) is 0 Å². The van der Waals surface area contributed by atoms with Crippen molar-refractivity contribution in [2.24, 2.45) is 0 Å². The van der Waals surface area contributed by atoms with Crippen LogP contribution in [0, 0.1) is 0 Å². The zero-order valence-electron chi connectivity index (χ0n) is 14.6. The highest BCUT2D eigenvalue weighted by molar-refractivity contribution is 9.10. The van der Waals surface area contributed by atoms with E-state index in [1.54, 1.807) is 18.3 Å². The molecule has 2 heterocycles. The fourth-order valence-electron chi connectivity index (χ4n) is 3.36. The molecule has 27 heavy (non-hydrogen) atoms. The Kier molecular flexibility index (Phi) is 4.90. The van der Waals surface area contributed by atoms with E-state index in [4.69, 9.17) is 0 Å². The molecule has 0 aliphatic carbocycles. The van der Waals surface area contributed by atoms with E-state index in [0.29, 0.717) is 11.1 Å². The van der Waals surface area contributed by atoms with Crippen molar-refractivity contribution in [2.45, 2.75) is 12.8 Å². The molecule has 1 fully saturated rings. The number of rotatable bonds is 4. The number of hydrogen-bond donors (Lipinski definition) is 1. The molecule has 3 aromatic rings. The normalized spacial score (nSPS) is 13.7. The number of benzene rings is 2. The highest BCUT2D eigenvalue weighted by Crippen LogP contribution is 2.33. The second kappa shape index (κ2) is 7.48. The Morgan fingerprint density at radius 3 is 2.56 bits per heavy atom. The summed E-state index contributed by atoms with van der Waals surface area (Å²) in [5.41, 5.74) is 3.59. The van der Waals surface area contributed by atoms with Crippen molar-refractivity contribution in [3.05, 3.63) is 64.3 Å². The monoisotopic (exact) mass is 423 g/mol. The number of fused-ring (bicyclic) bond motifs is 1. The number of carbonyl (C=O) groups is 2. The number of nitrogens with zero attached hydrogens (tertiary/aromatic N) is 2. The van der Waals surface area contributed by atoms with Crippen LogP contribution in [0.15, 0.2) is 53.1 Å². The summed E-state index contributed by atoms with van der Waals surface area (Å²) in [4.78, 5) is 30.4. The summed E-state index contributed by atoms with van der Waals surface area (Å²) in [6.07, 6.45) is 4.60. The molecule has 2 aromatic carbocycles. The van der Waals surface area contributed by atoms with Crippen LogP contribution in [0.5, 0.6) is 0 Å². The number of halogens is 1. The molecule has 4 rings (SSSR count). The first kappa shape index (κ1) is 17.7. The van der Waals surface area contributed by atoms with Gasteiger partial charge in [-0.1, -0.05) is 15.9 Å². The minimum atomic E-state index is -0.160. The van der Waals surface area contributed by atoms with E-state index in [2.05, 4.69) is 31.1 Å². The first-order valence-corrected chi connectivity index (χ1v) is 9.64. The quantitative estimate of drug-likeness (QED) is 0.619. The van der Waals surface area contributed by atoms with Gasteiger partial charge in [-0.3, -0.25) is 14.6 Å². The molecule has 136 valence electrons. The lowest BCUT2D eigenvalue weighted by Gasteiger charge is -2.22. The molecule has 0 radical (unpaired) electrons. The average molecular weight is 424 g/mol. The van der Waals surface area contributed by atoms with Gasteiger partial charge < -0.3 is 10.2 Å². The summed E-state index contributed by atoms with van der Waals surface area (Å²) >= 11 is 3.39. The van der Waals surface area contributed by atoms with Crippen LogP contribution in [0.3, 0.4) is 0 Å². The number of aromatic nitrogens is 1. The number of hydrogen-bond acceptors (Lipinski definition) is 4. The fraction of sp³-hybridized carbons (Fsp3) is 0.190. The van der Waals surface area contributed by atoms with Gasteiger partial charge in [-0.05, 0) is 55.3 Å². The molecule has 1 aliphatic rings. The van der Waals surface area contributed by atoms with Crippen LogP contribution in [0.1, 0.15) is 33.6 Å². The Bertz CT molecular complexity index is 1010. The Hall–Kier alpha value is -2.73. The smallest absolute Gasteiger partial charge is 0.255 e. The SMILES string of the molecule is O=Cc1cnc2cc(NC(=O)c3ccc(Br)cc3)c(N3CCCC3)cc2c1. The van der Waals surface area contributed by atoms with Gasteiger partial charge in [0.1, 0.15) is 0 Å². The highest BCUT2D eigenvalue weighted by Gasteiger charge is 2.19. The molecule has 0 unspecified atom stereocenters. The van der Waals surface area contributed by atoms with Gasteiger partial charge in [0, 0.05) is 40.3 Å². The van der Waals surface area contributed by atoms with E-state index >= 15 is 0 Å². The zero-order valence-corrected chi connectivity index (χ0v) is 16.2. The van der Waals surface area contributed by atoms with Gasteiger partial charge in [0.15, 0.2) is 6.29 Å². The summed E-state index contributed by atoms with van der Waals surface area (Å²) in [5, 5.41) is 3.93. The third-order valence-corrected chi connectivity index (χ3v) is 5.29. The van der Waals surface area contributed by atoms with Gasteiger partial charge in [0.25, 0.3) is 5.91 Å². The maximum atomic E-state index is 12.7. The van der Waals surface area contributed by atoms with Gasteiger partial charge in [-0.2, -0.15) is 0 Å². The molecule has 6 heteroatoms. The summed E-state index contributed by atoms with van der Waals surface area (Å²) in [7, 11) is 0. The maximum Gasteiger partial charge on any atom is 0.255 e. The summed E-state index contributed by atoms with van der Waals surface area (Å²) in [6, 6.07) is 13.0. The predicted molar refractivity (Wildman–Crippen MR) is 111 cm³/mol. The molecule has 1 N–H and O–H groups in total. The van der Waals surface area contributed by atoms with Gasteiger partial charge in [-0.15, -0.1) is 0 Å². The second-order valence-corrected chi connectivity index (χ2v) is 7.52. The molecule has 0 spiro atoms. The van der Waals surface area contributed by atoms with Gasteiger partial charge in [0.2, 0.25) is 0 Å². The van der Waals surface area contributed by atoms with E-state index in [-0.39, 0.29) is 5.91 Å². The number of amides is 1. The van der Waals surface area contributed by atoms with Crippen LogP contribution < -0.4 is 10.2 Å². The van der Waals surface area contributed by atoms with E-state index < -0.39 is 0 Å². The predicted octanol–water partition coefficient (Wildman–Crippen LogP) is 4.66. The Morgan fingerprint density at radius 1 is 1.11 bits per heavy atom. The Balaban J connectivity index is 1.74. The summed E-state index contributed by atoms with van der Waals surface area (Å²) in [5.74, 6) is -0.160. The van der Waals surface area contributed by atoms with Crippen molar-refractivity contribution >= 4 is 50.4 Å². The van der Waals surface area contributed by atoms with Crippen LogP contribution in [-0.4, -0.2) is 30.3 Å². The molecule has 0 bridgehead atoms. The summed E-state index contributed by atoms with van der Waals surface area (Å²) in [6.45, 7) is 1.90. The molecule has 1 aromatic heterocycles. The lowest BCUT2D eigenvalue weighted by atomic mass is 10.1. The van der Waals surface area contributed by atoms with E-state index in [0.717, 1.165) is 59.0 Å². The van der Waals surface area contributed by atoms with Gasteiger partial charge in [0.05, 0.1) is 16.9 Å². The largest absolute Gasteiger partial charge is 0.370 e. The lowest BCUT2D eigenvalue weighted by Crippen LogP contribution is -2.21. The summed E-state index contributed by atoms with van der Waals surface area (Å²) < 4.78 is 0.928. The van der Waals surface area contributed by atoms with Crippen molar-refractivity contribution in [2.75, 3.05) is 23.3 Å². The van der Waals surface area contributed by atoms with E-state index in [1.165, 1.54) is 0 Å². The van der Waals surface area contributed by atoms with Crippen LogP contribution >= 0.6 is 15.9 Å². The molecule has 1 amide bonds. The Labute approximate surface area is 165 Å². The minimum Gasteiger partial charge on any atom is -0.370 e. The molecule has 1 saturated heterocycles. The van der Waals surface area contributed by atoms with E-state index in [1.807, 2.05) is 30.3 Å². The molecular formula is C21H18BrN3O2. The van der Waals surface area contributed by atoms with Crippen LogP contribution in [0.25, 0.3) is 10.9 Å². The van der Waals surface area contributed by atoms with Crippen molar-refractivity contribution in [1.82, 2.24) is 4.98 Å². The molecular weight excluding hydrogens is 406 g/mol. The van der Waals surface area contributed by atoms with Crippen LogP contribution in [0.2, 0.25) is 0 Å². The van der Waals surface area contributed by atoms with Crippen molar-refractivity contribution in [1.29, 1.82) is 0 Å².